The summed E-state index contributed by atoms with van der Waals surface area (Å²) < 4.78 is 0.748. The van der Waals surface area contributed by atoms with Crippen molar-refractivity contribution in [2.45, 2.75) is 13.1 Å². The Balaban J connectivity index is 1.84. The fraction of sp³-hybridized carbons (Fsp3) is 0.133. The summed E-state index contributed by atoms with van der Waals surface area (Å²) in [6, 6.07) is 6.69. The molecule has 21 heavy (non-hydrogen) atoms. The monoisotopic (exact) mass is 346 g/mol. The van der Waals surface area contributed by atoms with Crippen molar-refractivity contribution in [1.82, 2.24) is 9.88 Å². The number of amides is 1. The predicted molar refractivity (Wildman–Crippen MR) is 78.9 cm³/mol. The molecule has 1 N–H and O–H groups in total. The number of aromatic carboxylic acids is 1. The first-order valence-electron chi connectivity index (χ1n) is 6.29. The van der Waals surface area contributed by atoms with E-state index < -0.39 is 5.97 Å². The zero-order chi connectivity index (χ0) is 15.0. The van der Waals surface area contributed by atoms with Crippen LogP contribution in [-0.2, 0) is 13.1 Å². The van der Waals surface area contributed by atoms with Crippen LogP contribution in [-0.4, -0.2) is 26.9 Å². The van der Waals surface area contributed by atoms with Gasteiger partial charge in [-0.05, 0) is 45.3 Å². The zero-order valence-corrected chi connectivity index (χ0v) is 12.5. The summed E-state index contributed by atoms with van der Waals surface area (Å²) in [6.07, 6.45) is 3.15. The summed E-state index contributed by atoms with van der Waals surface area (Å²) in [5, 5.41) is 9.01. The molecule has 1 aromatic heterocycles. The molecule has 5 nitrogen and oxygen atoms in total. The van der Waals surface area contributed by atoms with E-state index in [2.05, 4.69) is 20.9 Å². The number of carboxylic acids is 1. The Morgan fingerprint density at radius 3 is 2.57 bits per heavy atom. The van der Waals surface area contributed by atoms with Gasteiger partial charge < -0.3 is 10.0 Å². The molecule has 3 rings (SSSR count). The van der Waals surface area contributed by atoms with Crippen molar-refractivity contribution in [3.8, 4) is 0 Å². The summed E-state index contributed by atoms with van der Waals surface area (Å²) in [5.41, 5.74) is 2.62. The van der Waals surface area contributed by atoms with Crippen LogP contribution in [0.25, 0.3) is 0 Å². The molecule has 0 radical (unpaired) electrons. The molecule has 0 aliphatic carbocycles. The molecule has 0 spiro atoms. The van der Waals surface area contributed by atoms with Gasteiger partial charge in [0, 0.05) is 30.0 Å². The van der Waals surface area contributed by atoms with Crippen LogP contribution < -0.4 is 0 Å². The van der Waals surface area contributed by atoms with Gasteiger partial charge in [-0.3, -0.25) is 9.78 Å². The van der Waals surface area contributed by atoms with Crippen molar-refractivity contribution in [1.29, 1.82) is 0 Å². The molecule has 106 valence electrons. The number of pyridine rings is 1. The third kappa shape index (κ3) is 2.67. The minimum absolute atomic E-state index is 0.114. The smallest absolute Gasteiger partial charge is 0.335 e. The number of hydrogen-bond acceptors (Lipinski definition) is 3. The lowest BCUT2D eigenvalue weighted by Crippen LogP contribution is -2.25. The molecule has 1 amide bonds. The highest BCUT2D eigenvalue weighted by Crippen LogP contribution is 2.25. The van der Waals surface area contributed by atoms with E-state index in [1.807, 2.05) is 0 Å². The molecular formula is C15H11BrN2O3. The van der Waals surface area contributed by atoms with Crippen molar-refractivity contribution >= 4 is 27.8 Å². The molecule has 1 aliphatic heterocycles. The van der Waals surface area contributed by atoms with Gasteiger partial charge in [-0.2, -0.15) is 0 Å². The summed E-state index contributed by atoms with van der Waals surface area (Å²) in [7, 11) is 0. The van der Waals surface area contributed by atoms with Crippen LogP contribution in [0, 0.1) is 0 Å². The number of carbonyl (C=O) groups is 2. The van der Waals surface area contributed by atoms with Crippen molar-refractivity contribution in [3.63, 3.8) is 0 Å². The van der Waals surface area contributed by atoms with Gasteiger partial charge in [-0.25, -0.2) is 4.79 Å². The Kier molecular flexibility index (Phi) is 3.47. The lowest BCUT2D eigenvalue weighted by atomic mass is 10.1. The van der Waals surface area contributed by atoms with E-state index >= 15 is 0 Å². The molecule has 2 aromatic rings. The Bertz CT molecular complexity index is 745. The van der Waals surface area contributed by atoms with E-state index in [1.54, 1.807) is 35.4 Å². The van der Waals surface area contributed by atoms with E-state index in [9.17, 15) is 9.59 Å². The quantitative estimate of drug-likeness (QED) is 0.907. The molecule has 1 aliphatic rings. The highest BCUT2D eigenvalue weighted by atomic mass is 79.9. The average molecular weight is 347 g/mol. The average Bonchev–Trinajstić information content (AvgIpc) is 2.89. The topological polar surface area (TPSA) is 70.5 Å². The second-order valence-electron chi connectivity index (χ2n) is 4.84. The van der Waals surface area contributed by atoms with Crippen LogP contribution in [0.3, 0.4) is 0 Å². The van der Waals surface area contributed by atoms with Gasteiger partial charge in [0.2, 0.25) is 0 Å². The van der Waals surface area contributed by atoms with Gasteiger partial charge in [0.1, 0.15) is 0 Å². The van der Waals surface area contributed by atoms with Crippen LogP contribution in [0.15, 0.2) is 41.1 Å². The molecule has 0 fully saturated rings. The minimum atomic E-state index is -0.959. The number of benzene rings is 1. The number of aromatic nitrogens is 1. The van der Waals surface area contributed by atoms with Crippen LogP contribution in [0.5, 0.6) is 0 Å². The molecule has 2 heterocycles. The number of hydrogen-bond donors (Lipinski definition) is 1. The maximum atomic E-state index is 12.4. The molecule has 0 saturated carbocycles. The van der Waals surface area contributed by atoms with E-state index in [4.69, 9.17) is 5.11 Å². The predicted octanol–water partition coefficient (Wildman–Crippen LogP) is 2.70. The Hall–Kier alpha value is -2.21. The first kappa shape index (κ1) is 13.8. The van der Waals surface area contributed by atoms with Gasteiger partial charge in [-0.15, -0.1) is 0 Å². The molecular weight excluding hydrogens is 336 g/mol. The van der Waals surface area contributed by atoms with Crippen LogP contribution >= 0.6 is 15.9 Å². The zero-order valence-electron chi connectivity index (χ0n) is 10.9. The molecule has 0 bridgehead atoms. The Morgan fingerprint density at radius 2 is 1.86 bits per heavy atom. The molecule has 0 unspecified atom stereocenters. The maximum Gasteiger partial charge on any atom is 0.335 e. The first-order valence-corrected chi connectivity index (χ1v) is 7.09. The van der Waals surface area contributed by atoms with Gasteiger partial charge in [0.15, 0.2) is 0 Å². The van der Waals surface area contributed by atoms with Crippen LogP contribution in [0.2, 0.25) is 0 Å². The third-order valence-corrected chi connectivity index (χ3v) is 3.85. The number of carbonyl (C=O) groups excluding carboxylic acids is 1. The number of carboxylic acid groups (broad SMARTS) is 1. The summed E-state index contributed by atoms with van der Waals surface area (Å²) in [5.74, 6) is -1.07. The normalized spacial score (nSPS) is 13.1. The van der Waals surface area contributed by atoms with Crippen LogP contribution in [0.4, 0.5) is 0 Å². The first-order chi connectivity index (χ1) is 10.0. The molecule has 6 heteroatoms. The fourth-order valence-corrected chi connectivity index (χ4v) is 2.75. The Labute approximate surface area is 129 Å². The second kappa shape index (κ2) is 5.29. The van der Waals surface area contributed by atoms with Gasteiger partial charge in [0.25, 0.3) is 5.91 Å². The van der Waals surface area contributed by atoms with Crippen molar-refractivity contribution in [2.24, 2.45) is 0 Å². The van der Waals surface area contributed by atoms with Crippen molar-refractivity contribution in [3.05, 3.63) is 63.4 Å². The highest BCUT2D eigenvalue weighted by Gasteiger charge is 2.25. The second-order valence-corrected chi connectivity index (χ2v) is 5.76. The van der Waals surface area contributed by atoms with E-state index in [0.717, 1.165) is 15.6 Å². The summed E-state index contributed by atoms with van der Waals surface area (Å²) in [4.78, 5) is 29.1. The summed E-state index contributed by atoms with van der Waals surface area (Å²) >= 11 is 3.29. The highest BCUT2D eigenvalue weighted by molar-refractivity contribution is 9.10. The number of fused-ring (bicyclic) bond motifs is 1. The van der Waals surface area contributed by atoms with E-state index in [1.165, 1.54) is 6.20 Å². The summed E-state index contributed by atoms with van der Waals surface area (Å²) in [6.45, 7) is 0.905. The molecule has 1 aromatic carbocycles. The lowest BCUT2D eigenvalue weighted by Gasteiger charge is -2.15. The number of rotatable bonds is 2. The van der Waals surface area contributed by atoms with Gasteiger partial charge >= 0.3 is 5.97 Å². The minimum Gasteiger partial charge on any atom is -0.478 e. The maximum absolute atomic E-state index is 12.4. The lowest BCUT2D eigenvalue weighted by molar-refractivity contribution is 0.0696. The fourth-order valence-electron chi connectivity index (χ4n) is 2.38. The standard InChI is InChI=1S/C15H11BrN2O3/c16-13-4-11(5-17-6-13)14(19)18-7-10-2-1-9(15(20)21)3-12(10)8-18/h1-6H,7-8H2,(H,20,21). The molecule has 0 saturated heterocycles. The SMILES string of the molecule is O=C(O)c1ccc2c(c1)CN(C(=O)c1cncc(Br)c1)C2. The van der Waals surface area contributed by atoms with Crippen LogP contribution in [0.1, 0.15) is 31.8 Å². The van der Waals surface area contributed by atoms with Crippen molar-refractivity contribution < 1.29 is 14.7 Å². The number of nitrogens with zero attached hydrogens (tertiary/aromatic N) is 2. The van der Waals surface area contributed by atoms with Crippen molar-refractivity contribution in [2.75, 3.05) is 0 Å². The number of halogens is 1. The largest absolute Gasteiger partial charge is 0.478 e. The van der Waals surface area contributed by atoms with Gasteiger partial charge in [-0.1, -0.05) is 6.07 Å². The third-order valence-electron chi connectivity index (χ3n) is 3.41. The van der Waals surface area contributed by atoms with Gasteiger partial charge in [0.05, 0.1) is 11.1 Å². The molecule has 0 atom stereocenters. The van der Waals surface area contributed by atoms with E-state index in [-0.39, 0.29) is 11.5 Å². The van der Waals surface area contributed by atoms with E-state index in [0.29, 0.717) is 18.7 Å². The Morgan fingerprint density at radius 1 is 1.10 bits per heavy atom.